The second-order valence-electron chi connectivity index (χ2n) is 9.02. The zero-order valence-corrected chi connectivity index (χ0v) is 17.0. The van der Waals surface area contributed by atoms with E-state index in [0.717, 1.165) is 45.2 Å². The molecule has 2 aliphatic rings. The lowest BCUT2D eigenvalue weighted by Gasteiger charge is -2.39. The molecule has 2 atom stereocenters. The number of carbonyl (C=O) groups is 2. The van der Waals surface area contributed by atoms with Crippen LogP contribution < -0.4 is 0 Å². The van der Waals surface area contributed by atoms with Crippen LogP contribution in [-0.4, -0.2) is 46.2 Å². The third-order valence-electron chi connectivity index (χ3n) is 5.83. The largest absolute Gasteiger partial charge is 0.341 e. The second kappa shape index (κ2) is 8.41. The van der Waals surface area contributed by atoms with Gasteiger partial charge in [0, 0.05) is 37.4 Å². The van der Waals surface area contributed by atoms with Gasteiger partial charge in [-0.3, -0.25) is 14.6 Å². The van der Waals surface area contributed by atoms with E-state index >= 15 is 0 Å². The Labute approximate surface area is 163 Å². The topological polar surface area (TPSA) is 53.5 Å². The molecule has 5 heteroatoms. The number of carbonyl (C=O) groups excluding carboxylic acids is 2. The third kappa shape index (κ3) is 4.69. The molecular weight excluding hydrogens is 338 g/mol. The zero-order chi connectivity index (χ0) is 19.4. The van der Waals surface area contributed by atoms with Gasteiger partial charge in [0.1, 0.15) is 0 Å². The Balaban J connectivity index is 1.76. The van der Waals surface area contributed by atoms with Crippen molar-refractivity contribution < 1.29 is 9.59 Å². The molecule has 0 spiro atoms. The van der Waals surface area contributed by atoms with Gasteiger partial charge >= 0.3 is 0 Å². The molecule has 0 aliphatic carbocycles. The van der Waals surface area contributed by atoms with E-state index in [-0.39, 0.29) is 23.8 Å². The quantitative estimate of drug-likeness (QED) is 0.794. The van der Waals surface area contributed by atoms with Crippen molar-refractivity contribution in [1.82, 2.24) is 14.8 Å². The van der Waals surface area contributed by atoms with E-state index in [1.807, 2.05) is 50.2 Å². The first-order chi connectivity index (χ1) is 12.9. The number of amides is 2. The first kappa shape index (κ1) is 19.8. The highest BCUT2D eigenvalue weighted by molar-refractivity contribution is 5.84. The molecule has 0 radical (unpaired) electrons. The van der Waals surface area contributed by atoms with E-state index in [1.54, 1.807) is 0 Å². The van der Waals surface area contributed by atoms with Gasteiger partial charge in [-0.25, -0.2) is 0 Å². The monoisotopic (exact) mass is 371 g/mol. The molecule has 2 unspecified atom stereocenters. The lowest BCUT2D eigenvalue weighted by atomic mass is 9.90. The van der Waals surface area contributed by atoms with Crippen molar-refractivity contribution in [2.75, 3.05) is 19.6 Å². The molecule has 2 fully saturated rings. The van der Waals surface area contributed by atoms with E-state index in [2.05, 4.69) is 9.88 Å². The first-order valence-electron chi connectivity index (χ1n) is 10.4. The highest BCUT2D eigenvalue weighted by atomic mass is 16.2. The van der Waals surface area contributed by atoms with Crippen LogP contribution in [0, 0.1) is 11.3 Å². The molecule has 5 nitrogen and oxygen atoms in total. The fourth-order valence-corrected chi connectivity index (χ4v) is 4.38. The van der Waals surface area contributed by atoms with Crippen molar-refractivity contribution in [3.63, 3.8) is 0 Å². The Morgan fingerprint density at radius 3 is 2.44 bits per heavy atom. The van der Waals surface area contributed by atoms with Gasteiger partial charge in [0.2, 0.25) is 11.8 Å². The van der Waals surface area contributed by atoms with Crippen LogP contribution in [0.3, 0.4) is 0 Å². The van der Waals surface area contributed by atoms with Crippen molar-refractivity contribution in [3.05, 3.63) is 30.1 Å². The van der Waals surface area contributed by atoms with Gasteiger partial charge in [0.15, 0.2) is 0 Å². The van der Waals surface area contributed by atoms with Gasteiger partial charge in [0.25, 0.3) is 0 Å². The molecule has 3 rings (SSSR count). The van der Waals surface area contributed by atoms with E-state index in [9.17, 15) is 9.59 Å². The molecule has 27 heavy (non-hydrogen) atoms. The number of pyridine rings is 1. The van der Waals surface area contributed by atoms with E-state index < -0.39 is 5.41 Å². The van der Waals surface area contributed by atoms with Crippen molar-refractivity contribution in [2.45, 2.75) is 65.3 Å². The van der Waals surface area contributed by atoms with Crippen LogP contribution in [0.1, 0.15) is 70.9 Å². The Morgan fingerprint density at radius 2 is 1.74 bits per heavy atom. The molecule has 1 aromatic rings. The highest BCUT2D eigenvalue weighted by Crippen LogP contribution is 2.33. The van der Waals surface area contributed by atoms with Crippen LogP contribution in [0.5, 0.6) is 0 Å². The minimum Gasteiger partial charge on any atom is -0.341 e. The SMILES string of the molecule is CC(C)(C)C(=O)N1CCCC(C(=O)N2CCCCCC2c2ccncc2)C1. The predicted molar refractivity (Wildman–Crippen MR) is 106 cm³/mol. The fraction of sp³-hybridized carbons (Fsp3) is 0.682. The van der Waals surface area contributed by atoms with Crippen molar-refractivity contribution >= 4 is 11.8 Å². The second-order valence-corrected chi connectivity index (χ2v) is 9.02. The number of hydrogen-bond acceptors (Lipinski definition) is 3. The van der Waals surface area contributed by atoms with Gasteiger partial charge in [0.05, 0.1) is 12.0 Å². The standard InChI is InChI=1S/C22H33N3O2/c1-22(2,3)21(27)24-14-7-8-18(16-24)20(26)25-15-6-4-5-9-19(25)17-10-12-23-13-11-17/h10-13,18-19H,4-9,14-16H2,1-3H3. The summed E-state index contributed by atoms with van der Waals surface area (Å²) in [6, 6.07) is 4.20. The molecule has 0 aromatic carbocycles. The van der Waals surface area contributed by atoms with Gasteiger partial charge in [-0.1, -0.05) is 33.6 Å². The summed E-state index contributed by atoms with van der Waals surface area (Å²) in [7, 11) is 0. The van der Waals surface area contributed by atoms with Crippen molar-refractivity contribution in [2.24, 2.45) is 11.3 Å². The molecule has 0 N–H and O–H groups in total. The Kier molecular flexibility index (Phi) is 6.18. The van der Waals surface area contributed by atoms with E-state index in [4.69, 9.17) is 0 Å². The summed E-state index contributed by atoms with van der Waals surface area (Å²) < 4.78 is 0. The third-order valence-corrected chi connectivity index (χ3v) is 5.83. The minimum absolute atomic E-state index is 0.0764. The van der Waals surface area contributed by atoms with Crippen LogP contribution in [0.25, 0.3) is 0 Å². The Hall–Kier alpha value is -1.91. The van der Waals surface area contributed by atoms with Gasteiger partial charge < -0.3 is 9.80 Å². The van der Waals surface area contributed by atoms with Crippen LogP contribution in [0.15, 0.2) is 24.5 Å². The Bertz CT molecular complexity index is 653. The molecule has 2 saturated heterocycles. The zero-order valence-electron chi connectivity index (χ0n) is 17.0. The Morgan fingerprint density at radius 1 is 1.00 bits per heavy atom. The normalized spacial score (nSPS) is 24.4. The number of aromatic nitrogens is 1. The minimum atomic E-state index is -0.396. The van der Waals surface area contributed by atoms with Crippen molar-refractivity contribution in [3.8, 4) is 0 Å². The van der Waals surface area contributed by atoms with Crippen LogP contribution >= 0.6 is 0 Å². The predicted octanol–water partition coefficient (Wildman–Crippen LogP) is 3.81. The number of nitrogens with zero attached hydrogens (tertiary/aromatic N) is 3. The van der Waals surface area contributed by atoms with Crippen LogP contribution in [0.2, 0.25) is 0 Å². The van der Waals surface area contributed by atoms with Gasteiger partial charge in [-0.05, 0) is 43.4 Å². The molecule has 0 bridgehead atoms. The lowest BCUT2D eigenvalue weighted by Crippen LogP contribution is -2.50. The fourth-order valence-electron chi connectivity index (χ4n) is 4.38. The molecule has 1 aromatic heterocycles. The summed E-state index contributed by atoms with van der Waals surface area (Å²) in [6.07, 6.45) is 9.80. The van der Waals surface area contributed by atoms with Gasteiger partial charge in [-0.2, -0.15) is 0 Å². The molecule has 2 aliphatic heterocycles. The molecular formula is C22H33N3O2. The molecule has 3 heterocycles. The summed E-state index contributed by atoms with van der Waals surface area (Å²) in [4.78, 5) is 34.3. The highest BCUT2D eigenvalue weighted by Gasteiger charge is 2.37. The van der Waals surface area contributed by atoms with Crippen molar-refractivity contribution in [1.29, 1.82) is 0 Å². The summed E-state index contributed by atoms with van der Waals surface area (Å²) >= 11 is 0. The summed E-state index contributed by atoms with van der Waals surface area (Å²) in [5.41, 5.74) is 0.784. The number of piperidine rings is 1. The maximum absolute atomic E-state index is 13.5. The summed E-state index contributed by atoms with van der Waals surface area (Å²) in [5.74, 6) is 0.305. The maximum Gasteiger partial charge on any atom is 0.227 e. The number of likely N-dealkylation sites (tertiary alicyclic amines) is 2. The number of hydrogen-bond donors (Lipinski definition) is 0. The molecule has 0 saturated carbocycles. The number of rotatable bonds is 2. The van der Waals surface area contributed by atoms with Crippen LogP contribution in [-0.2, 0) is 9.59 Å². The molecule has 148 valence electrons. The average molecular weight is 372 g/mol. The maximum atomic E-state index is 13.5. The first-order valence-corrected chi connectivity index (χ1v) is 10.4. The lowest BCUT2D eigenvalue weighted by molar-refractivity contribution is -0.146. The molecule has 2 amide bonds. The van der Waals surface area contributed by atoms with E-state index in [0.29, 0.717) is 6.54 Å². The van der Waals surface area contributed by atoms with E-state index in [1.165, 1.54) is 12.0 Å². The van der Waals surface area contributed by atoms with Crippen LogP contribution in [0.4, 0.5) is 0 Å². The van der Waals surface area contributed by atoms with Gasteiger partial charge in [-0.15, -0.1) is 0 Å². The summed E-state index contributed by atoms with van der Waals surface area (Å²) in [6.45, 7) is 8.01. The summed E-state index contributed by atoms with van der Waals surface area (Å²) in [5, 5.41) is 0. The average Bonchev–Trinajstić information content (AvgIpc) is 2.93. The smallest absolute Gasteiger partial charge is 0.227 e.